The summed E-state index contributed by atoms with van der Waals surface area (Å²) in [6.45, 7) is 10.2. The van der Waals surface area contributed by atoms with Crippen molar-refractivity contribution in [2.45, 2.75) is 32.8 Å². The number of nitro benzene ring substituents is 1. The molecule has 1 aromatic rings. The smallest absolute Gasteiger partial charge is 0.410 e. The molecule has 0 atom stereocenters. The Morgan fingerprint density at radius 2 is 2.12 bits per heavy atom. The minimum Gasteiger partial charge on any atom is -0.444 e. The maximum atomic E-state index is 12.1. The molecule has 1 amide bonds. The Bertz CT molecular complexity index is 701. The molecule has 0 aromatic heterocycles. The molecule has 1 heterocycles. The predicted molar refractivity (Wildman–Crippen MR) is 93.6 cm³/mol. The van der Waals surface area contributed by atoms with Crippen molar-refractivity contribution in [1.29, 1.82) is 0 Å². The van der Waals surface area contributed by atoms with Crippen molar-refractivity contribution < 1.29 is 14.5 Å². The van der Waals surface area contributed by atoms with Crippen LogP contribution < -0.4 is 0 Å². The lowest BCUT2D eigenvalue weighted by atomic mass is 9.94. The summed E-state index contributed by atoms with van der Waals surface area (Å²) in [6.07, 6.45) is 3.86. The zero-order valence-electron chi connectivity index (χ0n) is 14.2. The Labute approximate surface area is 141 Å². The van der Waals surface area contributed by atoms with Gasteiger partial charge in [-0.05, 0) is 50.0 Å². The van der Waals surface area contributed by atoms with E-state index in [9.17, 15) is 14.9 Å². The molecule has 0 fully saturated rings. The van der Waals surface area contributed by atoms with E-state index in [-0.39, 0.29) is 11.8 Å². The summed E-state index contributed by atoms with van der Waals surface area (Å²) >= 11 is 0. The molecule has 1 aliphatic rings. The van der Waals surface area contributed by atoms with Crippen LogP contribution in [-0.2, 0) is 4.74 Å². The van der Waals surface area contributed by atoms with Crippen molar-refractivity contribution in [3.63, 3.8) is 0 Å². The van der Waals surface area contributed by atoms with Gasteiger partial charge in [-0.25, -0.2) is 4.79 Å². The minimum absolute atomic E-state index is 0.0473. The van der Waals surface area contributed by atoms with Crippen molar-refractivity contribution in [2.24, 2.45) is 0 Å². The highest BCUT2D eigenvalue weighted by atomic mass is 16.6. The van der Waals surface area contributed by atoms with E-state index >= 15 is 0 Å². The molecular formula is C18H22N2O4. The van der Waals surface area contributed by atoms with Gasteiger partial charge in [0.25, 0.3) is 5.69 Å². The third kappa shape index (κ3) is 4.22. The standard InChI is InChI=1S/C18H22N2O4/c1-5-13-6-7-15(20(22)23)12-16(13)14-8-10-19(11-9-14)17(21)24-18(2,3)4/h5-8,12H,1,9-11H2,2-4H3. The van der Waals surface area contributed by atoms with E-state index in [1.54, 1.807) is 23.1 Å². The van der Waals surface area contributed by atoms with Crippen LogP contribution in [0.5, 0.6) is 0 Å². The molecular weight excluding hydrogens is 308 g/mol. The van der Waals surface area contributed by atoms with E-state index in [4.69, 9.17) is 4.74 Å². The number of rotatable bonds is 3. The van der Waals surface area contributed by atoms with Crippen LogP contribution in [0, 0.1) is 10.1 Å². The van der Waals surface area contributed by atoms with Crippen LogP contribution in [-0.4, -0.2) is 34.6 Å². The Kier molecular flexibility index (Phi) is 5.07. The molecule has 6 heteroatoms. The van der Waals surface area contributed by atoms with E-state index in [1.807, 2.05) is 26.8 Å². The second-order valence-corrected chi connectivity index (χ2v) is 6.64. The van der Waals surface area contributed by atoms with Crippen LogP contribution in [0.4, 0.5) is 10.5 Å². The van der Waals surface area contributed by atoms with Crippen molar-refractivity contribution in [3.8, 4) is 0 Å². The summed E-state index contributed by atoms with van der Waals surface area (Å²) in [5.41, 5.74) is 2.14. The van der Waals surface area contributed by atoms with Gasteiger partial charge in [0.2, 0.25) is 0 Å². The summed E-state index contributed by atoms with van der Waals surface area (Å²) < 4.78 is 5.37. The van der Waals surface area contributed by atoms with Crippen LogP contribution >= 0.6 is 0 Å². The molecule has 0 bridgehead atoms. The molecule has 2 rings (SSSR count). The summed E-state index contributed by atoms with van der Waals surface area (Å²) in [5.74, 6) is 0. The highest BCUT2D eigenvalue weighted by molar-refractivity contribution is 5.78. The number of nitrogens with zero attached hydrogens (tertiary/aromatic N) is 2. The number of benzene rings is 1. The minimum atomic E-state index is -0.531. The van der Waals surface area contributed by atoms with Gasteiger partial charge in [-0.3, -0.25) is 10.1 Å². The van der Waals surface area contributed by atoms with Crippen LogP contribution in [0.2, 0.25) is 0 Å². The fraction of sp³-hybridized carbons (Fsp3) is 0.389. The third-order valence-corrected chi connectivity index (χ3v) is 3.67. The van der Waals surface area contributed by atoms with Crippen molar-refractivity contribution in [1.82, 2.24) is 4.90 Å². The highest BCUT2D eigenvalue weighted by Gasteiger charge is 2.24. The van der Waals surface area contributed by atoms with Crippen LogP contribution in [0.25, 0.3) is 11.6 Å². The van der Waals surface area contributed by atoms with E-state index in [0.717, 1.165) is 16.7 Å². The molecule has 0 aliphatic carbocycles. The second kappa shape index (κ2) is 6.86. The summed E-state index contributed by atoms with van der Waals surface area (Å²) in [4.78, 5) is 24.3. The number of carbonyl (C=O) groups is 1. The predicted octanol–water partition coefficient (Wildman–Crippen LogP) is 4.26. The lowest BCUT2D eigenvalue weighted by molar-refractivity contribution is -0.384. The first-order valence-corrected chi connectivity index (χ1v) is 7.79. The second-order valence-electron chi connectivity index (χ2n) is 6.64. The number of amides is 1. The highest BCUT2D eigenvalue weighted by Crippen LogP contribution is 2.29. The van der Waals surface area contributed by atoms with Gasteiger partial charge < -0.3 is 9.64 Å². The van der Waals surface area contributed by atoms with Gasteiger partial charge in [-0.2, -0.15) is 0 Å². The number of hydrogen-bond acceptors (Lipinski definition) is 4. The van der Waals surface area contributed by atoms with E-state index < -0.39 is 10.5 Å². The topological polar surface area (TPSA) is 72.7 Å². The molecule has 1 aromatic carbocycles. The normalized spacial score (nSPS) is 14.8. The average Bonchev–Trinajstić information content (AvgIpc) is 2.52. The molecule has 128 valence electrons. The van der Waals surface area contributed by atoms with E-state index in [0.29, 0.717) is 19.5 Å². The van der Waals surface area contributed by atoms with Gasteiger partial charge in [0.05, 0.1) is 4.92 Å². The Balaban J connectivity index is 2.21. The SMILES string of the molecule is C=Cc1ccc([N+](=O)[O-])cc1C1=CCN(C(=O)OC(C)(C)C)CC1. The molecule has 0 saturated carbocycles. The molecule has 24 heavy (non-hydrogen) atoms. The van der Waals surface area contributed by atoms with Gasteiger partial charge in [-0.1, -0.05) is 18.7 Å². The summed E-state index contributed by atoms with van der Waals surface area (Å²) in [5, 5.41) is 11.0. The van der Waals surface area contributed by atoms with Gasteiger partial charge in [0.15, 0.2) is 0 Å². The van der Waals surface area contributed by atoms with Crippen LogP contribution in [0.1, 0.15) is 38.3 Å². The maximum absolute atomic E-state index is 12.1. The molecule has 0 unspecified atom stereocenters. The molecule has 1 aliphatic heterocycles. The summed E-state index contributed by atoms with van der Waals surface area (Å²) in [6, 6.07) is 4.73. The zero-order chi connectivity index (χ0) is 17.9. The fourth-order valence-corrected chi connectivity index (χ4v) is 2.52. The molecule has 0 radical (unpaired) electrons. The third-order valence-electron chi connectivity index (χ3n) is 3.67. The Morgan fingerprint density at radius 1 is 1.42 bits per heavy atom. The van der Waals surface area contributed by atoms with Crippen molar-refractivity contribution >= 4 is 23.4 Å². The lowest BCUT2D eigenvalue weighted by Gasteiger charge is -2.29. The quantitative estimate of drug-likeness (QED) is 0.613. The van der Waals surface area contributed by atoms with Gasteiger partial charge in [0, 0.05) is 25.2 Å². The first-order chi connectivity index (χ1) is 11.2. The maximum Gasteiger partial charge on any atom is 0.410 e. The Hall–Kier alpha value is -2.63. The largest absolute Gasteiger partial charge is 0.444 e. The number of ether oxygens (including phenoxy) is 1. The zero-order valence-corrected chi connectivity index (χ0v) is 14.2. The fourth-order valence-electron chi connectivity index (χ4n) is 2.52. The van der Waals surface area contributed by atoms with Gasteiger partial charge in [-0.15, -0.1) is 0 Å². The molecule has 0 spiro atoms. The molecule has 0 saturated heterocycles. The lowest BCUT2D eigenvalue weighted by Crippen LogP contribution is -2.39. The van der Waals surface area contributed by atoms with Crippen LogP contribution in [0.3, 0.4) is 0 Å². The first-order valence-electron chi connectivity index (χ1n) is 7.79. The van der Waals surface area contributed by atoms with Crippen LogP contribution in [0.15, 0.2) is 30.9 Å². The molecule has 0 N–H and O–H groups in total. The number of non-ortho nitro benzene ring substituents is 1. The van der Waals surface area contributed by atoms with Gasteiger partial charge in [0.1, 0.15) is 5.60 Å². The van der Waals surface area contributed by atoms with Crippen molar-refractivity contribution in [3.05, 3.63) is 52.1 Å². The van der Waals surface area contributed by atoms with Gasteiger partial charge >= 0.3 is 6.09 Å². The summed E-state index contributed by atoms with van der Waals surface area (Å²) in [7, 11) is 0. The Morgan fingerprint density at radius 3 is 2.62 bits per heavy atom. The number of hydrogen-bond donors (Lipinski definition) is 0. The van der Waals surface area contributed by atoms with E-state index in [2.05, 4.69) is 6.58 Å². The number of nitro groups is 1. The average molecular weight is 330 g/mol. The monoisotopic (exact) mass is 330 g/mol. The molecule has 6 nitrogen and oxygen atoms in total. The van der Waals surface area contributed by atoms with E-state index in [1.165, 1.54) is 6.07 Å². The number of carbonyl (C=O) groups excluding carboxylic acids is 1. The van der Waals surface area contributed by atoms with Crippen molar-refractivity contribution in [2.75, 3.05) is 13.1 Å². The first kappa shape index (κ1) is 17.7.